The van der Waals surface area contributed by atoms with E-state index in [-0.39, 0.29) is 17.1 Å². The molecule has 0 aliphatic carbocycles. The van der Waals surface area contributed by atoms with Crippen molar-refractivity contribution in [2.45, 2.75) is 12.1 Å². The molecular weight excluding hydrogens is 454 g/mol. The molecule has 0 aliphatic heterocycles. The topological polar surface area (TPSA) is 112 Å². The monoisotopic (exact) mass is 475 g/mol. The minimum Gasteiger partial charge on any atom is -0.496 e. The van der Waals surface area contributed by atoms with E-state index in [2.05, 4.69) is 15.5 Å². The number of benzene rings is 3. The summed E-state index contributed by atoms with van der Waals surface area (Å²) in [6, 6.07) is 21.4. The van der Waals surface area contributed by atoms with Gasteiger partial charge in [-0.2, -0.15) is 0 Å². The molecule has 34 heavy (non-hydrogen) atoms. The van der Waals surface area contributed by atoms with E-state index in [0.717, 1.165) is 16.8 Å². The number of hydrogen-bond donors (Lipinski definition) is 1. The number of rotatable bonds is 8. The predicted octanol–water partition coefficient (Wildman–Crippen LogP) is 4.89. The van der Waals surface area contributed by atoms with E-state index in [9.17, 15) is 14.9 Å². The number of aryl methyl sites for hydroxylation is 1. The molecular formula is C24H21N5O4S. The van der Waals surface area contributed by atoms with Gasteiger partial charge in [0.05, 0.1) is 23.3 Å². The van der Waals surface area contributed by atoms with Crippen molar-refractivity contribution in [2.24, 2.45) is 0 Å². The molecule has 0 aliphatic rings. The van der Waals surface area contributed by atoms with Gasteiger partial charge >= 0.3 is 0 Å². The van der Waals surface area contributed by atoms with E-state index >= 15 is 0 Å². The van der Waals surface area contributed by atoms with Crippen LogP contribution >= 0.6 is 11.8 Å². The van der Waals surface area contributed by atoms with Crippen molar-refractivity contribution in [3.05, 3.63) is 88.5 Å². The Labute approximate surface area is 199 Å². The molecule has 1 N–H and O–H groups in total. The zero-order chi connectivity index (χ0) is 24.1. The quantitative estimate of drug-likeness (QED) is 0.219. The molecule has 0 radical (unpaired) electrons. The minimum atomic E-state index is -0.531. The number of amides is 1. The highest BCUT2D eigenvalue weighted by molar-refractivity contribution is 7.99. The van der Waals surface area contributed by atoms with Gasteiger partial charge in [0.1, 0.15) is 11.4 Å². The van der Waals surface area contributed by atoms with Crippen LogP contribution in [-0.2, 0) is 4.79 Å². The van der Waals surface area contributed by atoms with Gasteiger partial charge < -0.3 is 10.1 Å². The average Bonchev–Trinajstić information content (AvgIpc) is 3.27. The molecule has 0 spiro atoms. The Morgan fingerprint density at radius 3 is 2.50 bits per heavy atom. The van der Waals surface area contributed by atoms with Gasteiger partial charge in [0, 0.05) is 11.8 Å². The molecule has 0 bridgehead atoms. The fourth-order valence-electron chi connectivity index (χ4n) is 3.35. The largest absolute Gasteiger partial charge is 0.496 e. The summed E-state index contributed by atoms with van der Waals surface area (Å²) in [5.74, 6) is 0.815. The summed E-state index contributed by atoms with van der Waals surface area (Å²) in [5, 5.41) is 23.0. The van der Waals surface area contributed by atoms with Crippen molar-refractivity contribution in [3.8, 4) is 22.8 Å². The number of para-hydroxylation sites is 3. The molecule has 4 aromatic rings. The number of nitro benzene ring substituents is 1. The molecule has 172 valence electrons. The number of nitro groups is 1. The van der Waals surface area contributed by atoms with E-state index in [1.54, 1.807) is 19.2 Å². The molecule has 1 heterocycles. The van der Waals surface area contributed by atoms with Crippen LogP contribution in [0.3, 0.4) is 0 Å². The summed E-state index contributed by atoms with van der Waals surface area (Å²) in [4.78, 5) is 23.3. The van der Waals surface area contributed by atoms with Gasteiger partial charge in [-0.15, -0.1) is 10.2 Å². The summed E-state index contributed by atoms with van der Waals surface area (Å²) in [6.07, 6.45) is 0. The summed E-state index contributed by atoms with van der Waals surface area (Å²) in [6.45, 7) is 2.00. The third kappa shape index (κ3) is 4.91. The van der Waals surface area contributed by atoms with Gasteiger partial charge in [0.2, 0.25) is 5.91 Å². The number of carbonyl (C=O) groups excluding carboxylic acids is 1. The van der Waals surface area contributed by atoms with Crippen molar-refractivity contribution in [1.82, 2.24) is 14.8 Å². The van der Waals surface area contributed by atoms with Crippen LogP contribution in [0.4, 0.5) is 11.4 Å². The smallest absolute Gasteiger partial charge is 0.292 e. The first-order valence-corrected chi connectivity index (χ1v) is 11.3. The second kappa shape index (κ2) is 10.2. The Morgan fingerprint density at radius 1 is 1.06 bits per heavy atom. The zero-order valence-corrected chi connectivity index (χ0v) is 19.3. The number of hydrogen-bond acceptors (Lipinski definition) is 7. The Bertz CT molecular complexity index is 1340. The van der Waals surface area contributed by atoms with Gasteiger partial charge in [-0.05, 0) is 37.3 Å². The van der Waals surface area contributed by atoms with Gasteiger partial charge in [-0.25, -0.2) is 0 Å². The van der Waals surface area contributed by atoms with Crippen LogP contribution in [-0.4, -0.2) is 38.5 Å². The highest BCUT2D eigenvalue weighted by atomic mass is 32.2. The van der Waals surface area contributed by atoms with Crippen LogP contribution in [0, 0.1) is 17.0 Å². The second-order valence-electron chi connectivity index (χ2n) is 7.29. The van der Waals surface area contributed by atoms with E-state index in [4.69, 9.17) is 4.74 Å². The normalized spacial score (nSPS) is 10.6. The molecule has 3 aromatic carbocycles. The number of thioether (sulfide) groups is 1. The summed E-state index contributed by atoms with van der Waals surface area (Å²) < 4.78 is 7.37. The number of methoxy groups -OCH3 is 1. The number of nitrogens with zero attached hydrogens (tertiary/aromatic N) is 4. The summed E-state index contributed by atoms with van der Waals surface area (Å²) in [7, 11) is 1.59. The Balaban J connectivity index is 1.63. The Hall–Kier alpha value is -4.18. The van der Waals surface area contributed by atoms with Crippen LogP contribution in [0.1, 0.15) is 5.56 Å². The van der Waals surface area contributed by atoms with Gasteiger partial charge in [0.25, 0.3) is 5.69 Å². The average molecular weight is 476 g/mol. The van der Waals surface area contributed by atoms with Crippen LogP contribution in [0.25, 0.3) is 17.1 Å². The van der Waals surface area contributed by atoms with Crippen molar-refractivity contribution >= 4 is 29.0 Å². The van der Waals surface area contributed by atoms with Crippen molar-refractivity contribution in [1.29, 1.82) is 0 Å². The molecule has 4 rings (SSSR count). The lowest BCUT2D eigenvalue weighted by molar-refractivity contribution is -0.383. The maximum atomic E-state index is 12.6. The van der Waals surface area contributed by atoms with Crippen LogP contribution in [0.5, 0.6) is 5.75 Å². The predicted molar refractivity (Wildman–Crippen MR) is 131 cm³/mol. The van der Waals surface area contributed by atoms with Crippen molar-refractivity contribution in [3.63, 3.8) is 0 Å². The molecule has 0 fully saturated rings. The Kier molecular flexibility index (Phi) is 6.88. The molecule has 0 unspecified atom stereocenters. The number of nitrogens with one attached hydrogen (secondary N) is 1. The van der Waals surface area contributed by atoms with E-state index in [1.165, 1.54) is 23.9 Å². The molecule has 1 aromatic heterocycles. The lowest BCUT2D eigenvalue weighted by Gasteiger charge is -2.13. The maximum absolute atomic E-state index is 12.6. The van der Waals surface area contributed by atoms with Crippen molar-refractivity contribution < 1.29 is 14.5 Å². The van der Waals surface area contributed by atoms with E-state index < -0.39 is 10.8 Å². The molecule has 0 atom stereocenters. The van der Waals surface area contributed by atoms with Gasteiger partial charge in [-0.3, -0.25) is 19.5 Å². The molecule has 10 heteroatoms. The third-order valence-corrected chi connectivity index (χ3v) is 5.91. The number of anilines is 1. The molecule has 0 saturated heterocycles. The fourth-order valence-corrected chi connectivity index (χ4v) is 4.10. The van der Waals surface area contributed by atoms with Crippen LogP contribution in [0.15, 0.2) is 78.0 Å². The molecule has 0 saturated carbocycles. The third-order valence-electron chi connectivity index (χ3n) is 4.98. The first-order valence-electron chi connectivity index (χ1n) is 10.3. The fraction of sp³-hybridized carbons (Fsp3) is 0.125. The lowest BCUT2D eigenvalue weighted by atomic mass is 10.1. The standard InChI is InChI=1S/C24H21N5O4S/c1-16-11-13-17(14-12-16)28-23(18-7-3-6-10-21(18)33-2)26-27-24(28)34-15-22(30)25-19-8-4-5-9-20(19)29(31)32/h3-14H,15H2,1-2H3,(H,25,30). The Morgan fingerprint density at radius 2 is 1.76 bits per heavy atom. The highest BCUT2D eigenvalue weighted by Gasteiger charge is 2.20. The van der Waals surface area contributed by atoms with Crippen molar-refractivity contribution in [2.75, 3.05) is 18.2 Å². The number of aromatic nitrogens is 3. The summed E-state index contributed by atoms with van der Waals surface area (Å²) in [5.41, 5.74) is 2.68. The van der Waals surface area contributed by atoms with E-state index in [1.807, 2.05) is 60.0 Å². The minimum absolute atomic E-state index is 0.0119. The number of carbonyl (C=O) groups is 1. The van der Waals surface area contributed by atoms with Gasteiger partial charge in [0.15, 0.2) is 11.0 Å². The first kappa shape index (κ1) is 23.0. The second-order valence-corrected chi connectivity index (χ2v) is 8.23. The zero-order valence-electron chi connectivity index (χ0n) is 18.5. The number of ether oxygens (including phenoxy) is 1. The van der Waals surface area contributed by atoms with E-state index in [0.29, 0.717) is 16.7 Å². The summed E-state index contributed by atoms with van der Waals surface area (Å²) >= 11 is 1.18. The van der Waals surface area contributed by atoms with Gasteiger partial charge in [-0.1, -0.05) is 53.7 Å². The van der Waals surface area contributed by atoms with Crippen LogP contribution < -0.4 is 10.1 Å². The first-order chi connectivity index (χ1) is 16.5. The highest BCUT2D eigenvalue weighted by Crippen LogP contribution is 2.33. The molecule has 9 nitrogen and oxygen atoms in total. The molecule has 1 amide bonds. The lowest BCUT2D eigenvalue weighted by Crippen LogP contribution is -2.15. The maximum Gasteiger partial charge on any atom is 0.292 e. The SMILES string of the molecule is COc1ccccc1-c1nnc(SCC(=O)Nc2ccccc2[N+](=O)[O-])n1-c1ccc(C)cc1. The van der Waals surface area contributed by atoms with Crippen LogP contribution in [0.2, 0.25) is 0 Å².